The Labute approximate surface area is 146 Å². The number of rotatable bonds is 3. The maximum absolute atomic E-state index is 12.8. The second-order valence-corrected chi connectivity index (χ2v) is 7.01. The van der Waals surface area contributed by atoms with Crippen molar-refractivity contribution < 1.29 is 15.0 Å². The van der Waals surface area contributed by atoms with Crippen LogP contribution in [-0.2, 0) is 0 Å². The van der Waals surface area contributed by atoms with Crippen molar-refractivity contribution in [1.82, 2.24) is 4.90 Å². The third-order valence-electron chi connectivity index (χ3n) is 5.39. The molecule has 1 amide bonds. The highest BCUT2D eigenvalue weighted by molar-refractivity contribution is 6.36. The predicted molar refractivity (Wildman–Crippen MR) is 95.6 cm³/mol. The van der Waals surface area contributed by atoms with Crippen molar-refractivity contribution in [3.8, 4) is 5.75 Å². The fourth-order valence-corrected chi connectivity index (χ4v) is 3.73. The van der Waals surface area contributed by atoms with Crippen LogP contribution in [-0.4, -0.2) is 40.7 Å². The minimum Gasteiger partial charge on any atom is -0.506 e. The predicted octanol–water partition coefficient (Wildman–Crippen LogP) is 3.82. The molecule has 1 saturated heterocycles. The topological polar surface area (TPSA) is 60.8 Å². The van der Waals surface area contributed by atoms with Crippen molar-refractivity contribution >= 4 is 28.3 Å². The molecule has 5 heteroatoms. The number of halogens is 1. The zero-order chi connectivity index (χ0) is 17.3. The lowest BCUT2D eigenvalue weighted by atomic mass is 9.77. The normalized spacial score (nSPS) is 17.2. The van der Waals surface area contributed by atoms with E-state index in [0.29, 0.717) is 23.5 Å². The molecule has 0 unspecified atom stereocenters. The van der Waals surface area contributed by atoms with Gasteiger partial charge >= 0.3 is 0 Å². The maximum atomic E-state index is 12.8. The average molecular weight is 348 g/mol. The first-order chi connectivity index (χ1) is 11.5. The summed E-state index contributed by atoms with van der Waals surface area (Å²) in [6.45, 7) is 3.38. The number of phenolic OH excluding ortho intramolecular Hbond substituents is 1. The number of hydrogen-bond acceptors (Lipinski definition) is 3. The second-order valence-electron chi connectivity index (χ2n) is 6.60. The molecule has 128 valence electrons. The fraction of sp³-hybridized carbons (Fsp3) is 0.421. The molecule has 2 aromatic rings. The molecule has 0 aromatic heterocycles. The summed E-state index contributed by atoms with van der Waals surface area (Å²) in [5.41, 5.74) is 0.159. The molecule has 3 rings (SSSR count). The molecule has 4 nitrogen and oxygen atoms in total. The number of fused-ring (bicyclic) bond motifs is 1. The minimum atomic E-state index is -0.206. The molecule has 2 aromatic carbocycles. The standard InChI is InChI=1S/C19H22ClNO3/c1-2-19(12-22)7-9-21(10-8-19)18(24)15-11-16(20)13-5-3-4-6-14(13)17(15)23/h3-6,11,22-23H,2,7-10,12H2,1H3. The summed E-state index contributed by atoms with van der Waals surface area (Å²) in [4.78, 5) is 14.6. The van der Waals surface area contributed by atoms with Gasteiger partial charge in [0.2, 0.25) is 0 Å². The maximum Gasteiger partial charge on any atom is 0.257 e. The van der Waals surface area contributed by atoms with Crippen molar-refractivity contribution in [3.63, 3.8) is 0 Å². The van der Waals surface area contributed by atoms with Crippen molar-refractivity contribution in [2.75, 3.05) is 19.7 Å². The number of aliphatic hydroxyl groups excluding tert-OH is 1. The summed E-state index contributed by atoms with van der Waals surface area (Å²) < 4.78 is 0. The van der Waals surface area contributed by atoms with Crippen LogP contribution in [0.2, 0.25) is 5.02 Å². The molecule has 1 heterocycles. The third kappa shape index (κ3) is 2.85. The van der Waals surface area contributed by atoms with Crippen molar-refractivity contribution in [3.05, 3.63) is 40.9 Å². The van der Waals surface area contributed by atoms with E-state index < -0.39 is 0 Å². The largest absolute Gasteiger partial charge is 0.506 e. The molecule has 2 N–H and O–H groups in total. The van der Waals surface area contributed by atoms with E-state index in [0.717, 1.165) is 24.6 Å². The number of likely N-dealkylation sites (tertiary alicyclic amines) is 1. The summed E-state index contributed by atoms with van der Waals surface area (Å²) in [5.74, 6) is -0.225. The van der Waals surface area contributed by atoms with Gasteiger partial charge in [-0.05, 0) is 30.7 Å². The SMILES string of the molecule is CCC1(CO)CCN(C(=O)c2cc(Cl)c3ccccc3c2O)CC1. The minimum absolute atomic E-state index is 0.0190. The van der Waals surface area contributed by atoms with E-state index >= 15 is 0 Å². The third-order valence-corrected chi connectivity index (χ3v) is 5.71. The quantitative estimate of drug-likeness (QED) is 0.887. The van der Waals surface area contributed by atoms with Gasteiger partial charge in [0.15, 0.2) is 0 Å². The Hall–Kier alpha value is -1.78. The number of hydrogen-bond donors (Lipinski definition) is 2. The number of carbonyl (C=O) groups is 1. The van der Waals surface area contributed by atoms with Gasteiger partial charge in [0.1, 0.15) is 5.75 Å². The van der Waals surface area contributed by atoms with Crippen LogP contribution >= 0.6 is 11.6 Å². The van der Waals surface area contributed by atoms with E-state index in [1.165, 1.54) is 0 Å². The van der Waals surface area contributed by atoms with Crippen LogP contribution in [0.15, 0.2) is 30.3 Å². The number of piperidine rings is 1. The van der Waals surface area contributed by atoms with E-state index in [-0.39, 0.29) is 29.2 Å². The Balaban J connectivity index is 1.89. The van der Waals surface area contributed by atoms with Gasteiger partial charge in [-0.25, -0.2) is 0 Å². The summed E-state index contributed by atoms with van der Waals surface area (Å²) in [5, 5.41) is 21.9. The molecule has 1 aliphatic rings. The molecule has 0 saturated carbocycles. The smallest absolute Gasteiger partial charge is 0.257 e. The van der Waals surface area contributed by atoms with Crippen LogP contribution in [0.3, 0.4) is 0 Å². The summed E-state index contributed by atoms with van der Waals surface area (Å²) in [6.07, 6.45) is 2.44. The van der Waals surface area contributed by atoms with Gasteiger partial charge in [0.05, 0.1) is 5.56 Å². The zero-order valence-electron chi connectivity index (χ0n) is 13.8. The van der Waals surface area contributed by atoms with E-state index in [2.05, 4.69) is 6.92 Å². The van der Waals surface area contributed by atoms with Crippen molar-refractivity contribution in [1.29, 1.82) is 0 Å². The Morgan fingerprint density at radius 3 is 2.46 bits per heavy atom. The number of aromatic hydroxyl groups is 1. The van der Waals surface area contributed by atoms with Gasteiger partial charge in [-0.15, -0.1) is 0 Å². The van der Waals surface area contributed by atoms with Crippen molar-refractivity contribution in [2.24, 2.45) is 5.41 Å². The highest BCUT2D eigenvalue weighted by Crippen LogP contribution is 2.37. The van der Waals surface area contributed by atoms with Crippen molar-refractivity contribution in [2.45, 2.75) is 26.2 Å². The van der Waals surface area contributed by atoms with E-state index in [1.807, 2.05) is 18.2 Å². The van der Waals surface area contributed by atoms with Crippen LogP contribution < -0.4 is 0 Å². The molecular formula is C19H22ClNO3. The number of phenols is 1. The van der Waals surface area contributed by atoms with Crippen LogP contribution in [0.1, 0.15) is 36.5 Å². The second kappa shape index (κ2) is 6.61. The number of nitrogens with zero attached hydrogens (tertiary/aromatic N) is 1. The van der Waals surface area contributed by atoms with E-state index in [4.69, 9.17) is 11.6 Å². The zero-order valence-corrected chi connectivity index (χ0v) is 14.5. The molecule has 24 heavy (non-hydrogen) atoms. The Morgan fingerprint density at radius 2 is 1.88 bits per heavy atom. The first-order valence-corrected chi connectivity index (χ1v) is 8.69. The van der Waals surface area contributed by atoms with Gasteiger partial charge in [-0.1, -0.05) is 42.8 Å². The number of benzene rings is 2. The first kappa shape index (κ1) is 17.1. The number of amides is 1. The van der Waals surface area contributed by atoms with E-state index in [1.54, 1.807) is 17.0 Å². The molecule has 0 bridgehead atoms. The van der Waals surface area contributed by atoms with Gasteiger partial charge in [-0.2, -0.15) is 0 Å². The van der Waals surface area contributed by atoms with Crippen LogP contribution in [0.4, 0.5) is 0 Å². The van der Waals surface area contributed by atoms with Crippen LogP contribution in [0, 0.1) is 5.41 Å². The molecule has 1 fully saturated rings. The van der Waals surface area contributed by atoms with Gasteiger partial charge in [0.25, 0.3) is 5.91 Å². The highest BCUT2D eigenvalue weighted by atomic mass is 35.5. The number of carbonyl (C=O) groups excluding carboxylic acids is 1. The Kier molecular flexibility index (Phi) is 4.70. The van der Waals surface area contributed by atoms with E-state index in [9.17, 15) is 15.0 Å². The molecule has 0 radical (unpaired) electrons. The molecule has 1 aliphatic heterocycles. The monoisotopic (exact) mass is 347 g/mol. The van der Waals surface area contributed by atoms with Gasteiger partial charge in [-0.3, -0.25) is 4.79 Å². The average Bonchev–Trinajstić information content (AvgIpc) is 2.64. The van der Waals surface area contributed by atoms with Crippen LogP contribution in [0.5, 0.6) is 5.75 Å². The number of aliphatic hydroxyl groups is 1. The first-order valence-electron chi connectivity index (χ1n) is 8.32. The van der Waals surface area contributed by atoms with Crippen LogP contribution in [0.25, 0.3) is 10.8 Å². The lowest BCUT2D eigenvalue weighted by molar-refractivity contribution is 0.0336. The summed E-state index contributed by atoms with van der Waals surface area (Å²) in [7, 11) is 0. The molecule has 0 aliphatic carbocycles. The van der Waals surface area contributed by atoms with Gasteiger partial charge < -0.3 is 15.1 Å². The fourth-order valence-electron chi connectivity index (χ4n) is 3.46. The summed E-state index contributed by atoms with van der Waals surface area (Å²) in [6, 6.07) is 8.79. The molecule has 0 spiro atoms. The van der Waals surface area contributed by atoms with Gasteiger partial charge in [0, 0.05) is 35.5 Å². The lowest BCUT2D eigenvalue weighted by Gasteiger charge is -2.40. The Morgan fingerprint density at radius 1 is 1.25 bits per heavy atom. The lowest BCUT2D eigenvalue weighted by Crippen LogP contribution is -2.44. The molecule has 0 atom stereocenters. The molecular weight excluding hydrogens is 326 g/mol. The summed E-state index contributed by atoms with van der Waals surface area (Å²) >= 11 is 6.29. The Bertz CT molecular complexity index is 761. The highest BCUT2D eigenvalue weighted by Gasteiger charge is 2.34.